The van der Waals surface area contributed by atoms with Gasteiger partial charge in [0.05, 0.1) is 32.4 Å². The van der Waals surface area contributed by atoms with Crippen LogP contribution in [0.2, 0.25) is 0 Å². The maximum atomic E-state index is 13.4. The summed E-state index contributed by atoms with van der Waals surface area (Å²) < 4.78 is 16.4. The summed E-state index contributed by atoms with van der Waals surface area (Å²) in [5, 5.41) is 12.4. The van der Waals surface area contributed by atoms with Crippen LogP contribution in [0.3, 0.4) is 0 Å². The number of methoxy groups -OCH3 is 2. The zero-order valence-corrected chi connectivity index (χ0v) is 22.1. The van der Waals surface area contributed by atoms with Gasteiger partial charge in [-0.2, -0.15) is 0 Å². The average Bonchev–Trinajstić information content (AvgIpc) is 3.49. The Morgan fingerprint density at radius 3 is 2.44 bits per heavy atom. The summed E-state index contributed by atoms with van der Waals surface area (Å²) in [6.45, 7) is 2.66. The summed E-state index contributed by atoms with van der Waals surface area (Å²) in [6.07, 6.45) is 2.44. The molecule has 1 aliphatic rings. The molecule has 1 fully saturated rings. The first-order valence-corrected chi connectivity index (χ1v) is 12.7. The Labute approximate surface area is 226 Å². The summed E-state index contributed by atoms with van der Waals surface area (Å²) in [4.78, 5) is 31.6. The second-order valence-corrected chi connectivity index (χ2v) is 9.17. The number of carbonyl (C=O) groups excluding carboxylic acids is 2. The maximum Gasteiger partial charge on any atom is 0.295 e. The molecule has 0 aliphatic carbocycles. The van der Waals surface area contributed by atoms with E-state index in [0.29, 0.717) is 41.4 Å². The predicted molar refractivity (Wildman–Crippen MR) is 148 cm³/mol. The molecule has 1 aliphatic heterocycles. The van der Waals surface area contributed by atoms with Crippen LogP contribution in [-0.4, -0.2) is 54.1 Å². The van der Waals surface area contributed by atoms with E-state index >= 15 is 0 Å². The Balaban J connectivity index is 1.58. The third-order valence-corrected chi connectivity index (χ3v) is 7.00. The molecule has 1 aromatic heterocycles. The van der Waals surface area contributed by atoms with E-state index in [1.807, 2.05) is 37.4 Å². The molecule has 0 radical (unpaired) electrons. The summed E-state index contributed by atoms with van der Waals surface area (Å²) in [5.41, 5.74) is 3.10. The molecule has 1 atom stereocenters. The van der Waals surface area contributed by atoms with Crippen LogP contribution in [0.5, 0.6) is 17.2 Å². The number of hydrogen-bond acceptors (Lipinski definition) is 6. The normalized spacial score (nSPS) is 16.6. The largest absolute Gasteiger partial charge is 0.507 e. The van der Waals surface area contributed by atoms with Crippen LogP contribution >= 0.6 is 0 Å². The number of aliphatic hydroxyl groups excluding tert-OH is 1. The monoisotopic (exact) mass is 526 g/mol. The summed E-state index contributed by atoms with van der Waals surface area (Å²) in [6, 6.07) is 19.1. The lowest BCUT2D eigenvalue weighted by molar-refractivity contribution is -0.139. The standard InChI is InChI=1S/C31H30N2O6/c1-4-39-22-12-9-19(10-13-22)29(34)27-28(20-11-14-25(37-2)26(17-20)38-3)33(31(36)30(27)35)16-15-21-18-32-24-8-6-5-7-23(21)24/h5-14,17-18,28,32,34H,4,15-16H2,1-3H3/t28-/m1/s1. The van der Waals surface area contributed by atoms with Crippen LogP contribution in [0.1, 0.15) is 29.7 Å². The van der Waals surface area contributed by atoms with Crippen molar-refractivity contribution in [1.82, 2.24) is 9.88 Å². The Kier molecular flexibility index (Phi) is 7.27. The van der Waals surface area contributed by atoms with Crippen molar-refractivity contribution in [3.8, 4) is 17.2 Å². The Hall–Kier alpha value is -4.72. The molecule has 0 saturated carbocycles. The summed E-state index contributed by atoms with van der Waals surface area (Å²) in [7, 11) is 3.06. The Morgan fingerprint density at radius 1 is 0.974 bits per heavy atom. The number of Topliss-reactive ketones (excluding diaryl/α,β-unsaturated/α-hetero) is 1. The number of aliphatic hydroxyl groups is 1. The van der Waals surface area contributed by atoms with Crippen LogP contribution in [0.4, 0.5) is 0 Å². The van der Waals surface area contributed by atoms with Gasteiger partial charge < -0.3 is 29.2 Å². The van der Waals surface area contributed by atoms with Gasteiger partial charge in [0.2, 0.25) is 0 Å². The number of nitrogens with one attached hydrogen (secondary N) is 1. The van der Waals surface area contributed by atoms with Crippen LogP contribution < -0.4 is 14.2 Å². The molecule has 0 bridgehead atoms. The van der Waals surface area contributed by atoms with Crippen LogP contribution in [0.25, 0.3) is 16.7 Å². The van der Waals surface area contributed by atoms with Crippen molar-refractivity contribution in [2.24, 2.45) is 0 Å². The zero-order valence-electron chi connectivity index (χ0n) is 22.1. The molecule has 1 amide bonds. The van der Waals surface area contributed by atoms with E-state index in [2.05, 4.69) is 4.98 Å². The molecule has 200 valence electrons. The smallest absolute Gasteiger partial charge is 0.295 e. The van der Waals surface area contributed by atoms with Gasteiger partial charge in [0.1, 0.15) is 11.5 Å². The average molecular weight is 527 g/mol. The molecule has 1 saturated heterocycles. The first-order chi connectivity index (χ1) is 19.0. The number of rotatable bonds is 9. The minimum absolute atomic E-state index is 0.0234. The molecule has 8 heteroatoms. The van der Waals surface area contributed by atoms with Crippen LogP contribution in [0.15, 0.2) is 78.5 Å². The summed E-state index contributed by atoms with van der Waals surface area (Å²) >= 11 is 0. The van der Waals surface area contributed by atoms with Crippen molar-refractivity contribution in [1.29, 1.82) is 0 Å². The van der Waals surface area contributed by atoms with Crippen LogP contribution in [-0.2, 0) is 16.0 Å². The number of fused-ring (bicyclic) bond motifs is 1. The highest BCUT2D eigenvalue weighted by atomic mass is 16.5. The number of aromatic nitrogens is 1. The third kappa shape index (κ3) is 4.81. The number of H-pyrrole nitrogens is 1. The zero-order chi connectivity index (χ0) is 27.5. The molecule has 8 nitrogen and oxygen atoms in total. The molecular formula is C31H30N2O6. The molecule has 5 rings (SSSR count). The van der Waals surface area contributed by atoms with Crippen molar-refractivity contribution in [3.63, 3.8) is 0 Å². The Bertz CT molecular complexity index is 1550. The topological polar surface area (TPSA) is 101 Å². The second-order valence-electron chi connectivity index (χ2n) is 9.17. The fourth-order valence-electron chi connectivity index (χ4n) is 5.09. The highest BCUT2D eigenvalue weighted by molar-refractivity contribution is 6.46. The van der Waals surface area contributed by atoms with Gasteiger partial charge in [-0.25, -0.2) is 0 Å². The van der Waals surface area contributed by atoms with Gasteiger partial charge in [0.25, 0.3) is 11.7 Å². The summed E-state index contributed by atoms with van der Waals surface area (Å²) in [5.74, 6) is -0.0283. The van der Waals surface area contributed by atoms with Gasteiger partial charge in [0, 0.05) is 29.2 Å². The van der Waals surface area contributed by atoms with Crippen LogP contribution in [0, 0.1) is 0 Å². The minimum atomic E-state index is -0.818. The van der Waals surface area contributed by atoms with Crippen molar-refractivity contribution < 1.29 is 28.9 Å². The van der Waals surface area contributed by atoms with Crippen molar-refractivity contribution in [3.05, 3.63) is 95.2 Å². The van der Waals surface area contributed by atoms with E-state index in [9.17, 15) is 14.7 Å². The Morgan fingerprint density at radius 2 is 1.72 bits per heavy atom. The van der Waals surface area contributed by atoms with E-state index in [-0.39, 0.29) is 17.9 Å². The SMILES string of the molecule is CCOc1ccc(C(O)=C2C(=O)C(=O)N(CCc3c[nH]c4ccccc34)[C@@H]2c2ccc(OC)c(OC)c2)cc1. The van der Waals surface area contributed by atoms with Crippen molar-refractivity contribution in [2.75, 3.05) is 27.4 Å². The predicted octanol–water partition coefficient (Wildman–Crippen LogP) is 5.25. The van der Waals surface area contributed by atoms with E-state index in [4.69, 9.17) is 14.2 Å². The number of carbonyl (C=O) groups is 2. The number of benzene rings is 3. The number of likely N-dealkylation sites (tertiary alicyclic amines) is 1. The second kappa shape index (κ2) is 10.9. The highest BCUT2D eigenvalue weighted by Gasteiger charge is 2.46. The minimum Gasteiger partial charge on any atom is -0.507 e. The molecule has 2 N–H and O–H groups in total. The number of aromatic amines is 1. The fraction of sp³-hybridized carbons (Fsp3) is 0.226. The van der Waals surface area contributed by atoms with E-state index in [1.54, 1.807) is 42.5 Å². The number of hydrogen-bond donors (Lipinski definition) is 2. The van der Waals surface area contributed by atoms with Gasteiger partial charge >= 0.3 is 0 Å². The molecular weight excluding hydrogens is 496 g/mol. The number of nitrogens with zero attached hydrogens (tertiary/aromatic N) is 1. The fourth-order valence-corrected chi connectivity index (χ4v) is 5.09. The highest BCUT2D eigenvalue weighted by Crippen LogP contribution is 2.42. The lowest BCUT2D eigenvalue weighted by Crippen LogP contribution is -2.31. The molecule has 0 spiro atoms. The first kappa shape index (κ1) is 25.9. The third-order valence-electron chi connectivity index (χ3n) is 7.00. The lowest BCUT2D eigenvalue weighted by Gasteiger charge is -2.26. The first-order valence-electron chi connectivity index (χ1n) is 12.7. The molecule has 3 aromatic carbocycles. The number of para-hydroxylation sites is 1. The van der Waals surface area contributed by atoms with E-state index < -0.39 is 17.7 Å². The van der Waals surface area contributed by atoms with Gasteiger partial charge in [-0.1, -0.05) is 24.3 Å². The quantitative estimate of drug-likeness (QED) is 0.176. The molecule has 2 heterocycles. The van der Waals surface area contributed by atoms with Crippen molar-refractivity contribution >= 4 is 28.4 Å². The van der Waals surface area contributed by atoms with E-state index in [0.717, 1.165) is 16.5 Å². The molecule has 0 unspecified atom stereocenters. The molecule has 39 heavy (non-hydrogen) atoms. The van der Waals surface area contributed by atoms with Gasteiger partial charge in [-0.05, 0) is 66.9 Å². The van der Waals surface area contributed by atoms with Crippen molar-refractivity contribution in [2.45, 2.75) is 19.4 Å². The number of ether oxygens (including phenoxy) is 3. The maximum absolute atomic E-state index is 13.4. The van der Waals surface area contributed by atoms with Gasteiger partial charge in [0.15, 0.2) is 11.5 Å². The molecule has 4 aromatic rings. The van der Waals surface area contributed by atoms with E-state index in [1.165, 1.54) is 19.1 Å². The number of ketones is 1. The lowest BCUT2D eigenvalue weighted by atomic mass is 9.94. The number of amides is 1. The van der Waals surface area contributed by atoms with Gasteiger partial charge in [-0.15, -0.1) is 0 Å². The van der Waals surface area contributed by atoms with Gasteiger partial charge in [-0.3, -0.25) is 9.59 Å².